The van der Waals surface area contributed by atoms with E-state index in [1.165, 1.54) is 5.56 Å². The summed E-state index contributed by atoms with van der Waals surface area (Å²) in [5.74, 6) is 0.741. The number of amides is 1. The highest BCUT2D eigenvalue weighted by Gasteiger charge is 2.23. The highest BCUT2D eigenvalue weighted by molar-refractivity contribution is 5.97. The summed E-state index contributed by atoms with van der Waals surface area (Å²) in [4.78, 5) is 13.8. The molecule has 102 valence electrons. The molecule has 3 rings (SSSR count). The van der Waals surface area contributed by atoms with E-state index in [0.717, 1.165) is 49.7 Å². The van der Waals surface area contributed by atoms with Crippen LogP contribution in [0, 0.1) is 0 Å². The van der Waals surface area contributed by atoms with Crippen LogP contribution in [0.25, 0.3) is 0 Å². The van der Waals surface area contributed by atoms with Crippen LogP contribution in [0.4, 0.5) is 11.4 Å². The van der Waals surface area contributed by atoms with E-state index in [9.17, 15) is 4.79 Å². The summed E-state index contributed by atoms with van der Waals surface area (Å²) in [6.07, 6.45) is 0.947. The number of rotatable bonds is 2. The van der Waals surface area contributed by atoms with Crippen LogP contribution >= 0.6 is 0 Å². The molecule has 0 radical (unpaired) electrons. The maximum absolute atomic E-state index is 11.5. The monoisotopic (exact) mass is 261 g/mol. The van der Waals surface area contributed by atoms with Gasteiger partial charge in [-0.15, -0.1) is 0 Å². The van der Waals surface area contributed by atoms with Gasteiger partial charge in [0, 0.05) is 26.2 Å². The quantitative estimate of drug-likeness (QED) is 0.833. The Bertz CT molecular complexity index is 496. The third-order valence-corrected chi connectivity index (χ3v) is 3.62. The number of carbonyl (C=O) groups is 1. The Hall–Kier alpha value is -1.75. The third kappa shape index (κ3) is 2.38. The molecule has 5 heteroatoms. The summed E-state index contributed by atoms with van der Waals surface area (Å²) in [6, 6.07) is 4.19. The highest BCUT2D eigenvalue weighted by Crippen LogP contribution is 2.39. The molecule has 19 heavy (non-hydrogen) atoms. The van der Waals surface area contributed by atoms with Crippen molar-refractivity contribution in [3.05, 3.63) is 17.7 Å². The lowest BCUT2D eigenvalue weighted by Gasteiger charge is -2.33. The van der Waals surface area contributed by atoms with Crippen LogP contribution in [0.15, 0.2) is 12.1 Å². The number of aryl methyl sites for hydroxylation is 1. The number of fused-ring (bicyclic) bond motifs is 1. The lowest BCUT2D eigenvalue weighted by atomic mass is 10.1. The van der Waals surface area contributed by atoms with Crippen LogP contribution in [0.5, 0.6) is 5.75 Å². The van der Waals surface area contributed by atoms with Crippen LogP contribution in [0.1, 0.15) is 12.5 Å². The van der Waals surface area contributed by atoms with Crippen LogP contribution in [-0.2, 0) is 11.2 Å². The fraction of sp³-hybridized carbons (Fsp3) is 0.500. The van der Waals surface area contributed by atoms with E-state index in [1.807, 2.05) is 6.07 Å². The molecular formula is C14H19N3O2. The second-order valence-corrected chi connectivity index (χ2v) is 4.92. The molecule has 2 aliphatic rings. The standard InChI is InChI=1S/C14H19N3O2/c1-2-10-7-11-14(19-9-13(18)16-11)12(8-10)17-5-3-15-4-6-17/h7-8,15H,2-6,9H2,1H3,(H,16,18). The zero-order chi connectivity index (χ0) is 13.2. The molecule has 1 aromatic rings. The van der Waals surface area contributed by atoms with E-state index >= 15 is 0 Å². The minimum absolute atomic E-state index is 0.0768. The molecule has 0 aromatic heterocycles. The van der Waals surface area contributed by atoms with Gasteiger partial charge in [0.05, 0.1) is 11.4 Å². The van der Waals surface area contributed by atoms with E-state index in [2.05, 4.69) is 28.5 Å². The molecule has 0 bridgehead atoms. The topological polar surface area (TPSA) is 53.6 Å². The number of nitrogens with zero attached hydrogens (tertiary/aromatic N) is 1. The van der Waals surface area contributed by atoms with E-state index in [1.54, 1.807) is 0 Å². The predicted octanol–water partition coefficient (Wildman–Crippen LogP) is 0.989. The van der Waals surface area contributed by atoms with Crippen molar-refractivity contribution in [3.63, 3.8) is 0 Å². The maximum atomic E-state index is 11.5. The molecule has 0 atom stereocenters. The van der Waals surface area contributed by atoms with Gasteiger partial charge in [0.15, 0.2) is 12.4 Å². The molecule has 2 N–H and O–H groups in total. The Labute approximate surface area is 112 Å². The van der Waals surface area contributed by atoms with Crippen molar-refractivity contribution in [2.45, 2.75) is 13.3 Å². The number of piperazine rings is 1. The molecule has 0 spiro atoms. The molecule has 0 unspecified atom stereocenters. The molecule has 0 saturated carbocycles. The first-order chi connectivity index (χ1) is 9.28. The molecular weight excluding hydrogens is 242 g/mol. The molecule has 2 aliphatic heterocycles. The van der Waals surface area contributed by atoms with Gasteiger partial charge in [-0.25, -0.2) is 0 Å². The molecule has 0 aliphatic carbocycles. The molecule has 1 saturated heterocycles. The predicted molar refractivity (Wildman–Crippen MR) is 75.0 cm³/mol. The van der Waals surface area contributed by atoms with Crippen LogP contribution in [0.2, 0.25) is 0 Å². The van der Waals surface area contributed by atoms with E-state index < -0.39 is 0 Å². The SMILES string of the molecule is CCc1cc2c(c(N3CCNCC3)c1)OCC(=O)N2. The lowest BCUT2D eigenvalue weighted by molar-refractivity contribution is -0.118. The van der Waals surface area contributed by atoms with Crippen LogP contribution < -0.4 is 20.3 Å². The van der Waals surface area contributed by atoms with Gasteiger partial charge in [-0.05, 0) is 24.1 Å². The second kappa shape index (κ2) is 5.09. The van der Waals surface area contributed by atoms with Gasteiger partial charge in [-0.3, -0.25) is 4.79 Å². The van der Waals surface area contributed by atoms with Gasteiger partial charge in [-0.2, -0.15) is 0 Å². The van der Waals surface area contributed by atoms with Gasteiger partial charge < -0.3 is 20.3 Å². The van der Waals surface area contributed by atoms with Crippen molar-refractivity contribution >= 4 is 17.3 Å². The van der Waals surface area contributed by atoms with Crippen molar-refractivity contribution in [1.29, 1.82) is 0 Å². The molecule has 1 fully saturated rings. The van der Waals surface area contributed by atoms with Crippen LogP contribution in [-0.4, -0.2) is 38.7 Å². The Morgan fingerprint density at radius 2 is 2.11 bits per heavy atom. The van der Waals surface area contributed by atoms with Crippen molar-refractivity contribution in [2.75, 3.05) is 43.0 Å². The van der Waals surface area contributed by atoms with Gasteiger partial charge in [0.25, 0.3) is 5.91 Å². The van der Waals surface area contributed by atoms with E-state index in [0.29, 0.717) is 0 Å². The molecule has 1 aromatic carbocycles. The maximum Gasteiger partial charge on any atom is 0.262 e. The summed E-state index contributed by atoms with van der Waals surface area (Å²) in [5, 5.41) is 6.26. The number of nitrogens with one attached hydrogen (secondary N) is 2. The lowest BCUT2D eigenvalue weighted by Crippen LogP contribution is -2.44. The average Bonchev–Trinajstić information content (AvgIpc) is 2.46. The summed E-state index contributed by atoms with van der Waals surface area (Å²) in [7, 11) is 0. The Morgan fingerprint density at radius 1 is 1.32 bits per heavy atom. The first-order valence-electron chi connectivity index (χ1n) is 6.83. The molecule has 5 nitrogen and oxygen atoms in total. The molecule has 2 heterocycles. The van der Waals surface area contributed by atoms with Crippen LogP contribution in [0.3, 0.4) is 0 Å². The smallest absolute Gasteiger partial charge is 0.262 e. The minimum Gasteiger partial charge on any atom is -0.479 e. The number of benzene rings is 1. The van der Waals surface area contributed by atoms with Crippen molar-refractivity contribution in [2.24, 2.45) is 0 Å². The van der Waals surface area contributed by atoms with Gasteiger partial charge in [-0.1, -0.05) is 6.92 Å². The van der Waals surface area contributed by atoms with Crippen molar-refractivity contribution in [3.8, 4) is 5.75 Å². The second-order valence-electron chi connectivity index (χ2n) is 4.92. The fourth-order valence-electron chi connectivity index (χ4n) is 2.59. The van der Waals surface area contributed by atoms with Gasteiger partial charge >= 0.3 is 0 Å². The first-order valence-corrected chi connectivity index (χ1v) is 6.83. The summed E-state index contributed by atoms with van der Waals surface area (Å²) >= 11 is 0. The molecule has 1 amide bonds. The van der Waals surface area contributed by atoms with Crippen molar-refractivity contribution < 1.29 is 9.53 Å². The normalized spacial score (nSPS) is 18.6. The number of carbonyl (C=O) groups excluding carboxylic acids is 1. The Kier molecular flexibility index (Phi) is 3.29. The van der Waals surface area contributed by atoms with E-state index in [-0.39, 0.29) is 12.5 Å². The highest BCUT2D eigenvalue weighted by atomic mass is 16.5. The number of anilines is 2. The van der Waals surface area contributed by atoms with E-state index in [4.69, 9.17) is 4.74 Å². The van der Waals surface area contributed by atoms with Gasteiger partial charge in [0.1, 0.15) is 0 Å². The van der Waals surface area contributed by atoms with Crippen molar-refractivity contribution in [1.82, 2.24) is 5.32 Å². The summed E-state index contributed by atoms with van der Waals surface area (Å²) in [6.45, 7) is 6.13. The summed E-state index contributed by atoms with van der Waals surface area (Å²) in [5.41, 5.74) is 3.14. The minimum atomic E-state index is -0.0768. The summed E-state index contributed by atoms with van der Waals surface area (Å²) < 4.78 is 5.65. The number of hydrogen-bond donors (Lipinski definition) is 2. The number of hydrogen-bond acceptors (Lipinski definition) is 4. The fourth-order valence-corrected chi connectivity index (χ4v) is 2.59. The zero-order valence-corrected chi connectivity index (χ0v) is 11.2. The number of ether oxygens (including phenoxy) is 1. The largest absolute Gasteiger partial charge is 0.479 e. The Balaban J connectivity index is 2.01. The van der Waals surface area contributed by atoms with Gasteiger partial charge in [0.2, 0.25) is 0 Å². The Morgan fingerprint density at radius 3 is 2.84 bits per heavy atom. The third-order valence-electron chi connectivity index (χ3n) is 3.62. The zero-order valence-electron chi connectivity index (χ0n) is 11.2. The first kappa shape index (κ1) is 12.3. The average molecular weight is 261 g/mol.